The monoisotopic (exact) mass is 466 g/mol. The number of nitrogens with zero attached hydrogens (tertiary/aromatic N) is 2. The fourth-order valence-electron chi connectivity index (χ4n) is 7.42. The number of imidazole rings is 1. The van der Waals surface area contributed by atoms with Crippen molar-refractivity contribution in [3.8, 4) is 0 Å². The van der Waals surface area contributed by atoms with E-state index in [0.29, 0.717) is 13.0 Å². The summed E-state index contributed by atoms with van der Waals surface area (Å²) in [6.45, 7) is 7.78. The number of aryl methyl sites for hydroxylation is 1. The highest BCUT2D eigenvalue weighted by Gasteiger charge is 2.55. The maximum Gasteiger partial charge on any atom is 0.306 e. The van der Waals surface area contributed by atoms with Gasteiger partial charge in [0.25, 0.3) is 0 Å². The topological polar surface area (TPSA) is 70.4 Å². The average Bonchev–Trinajstić information content (AvgIpc) is 3.07. The number of aromatic nitrogens is 2. The number of carbonyl (C=O) groups excluding carboxylic acids is 2. The summed E-state index contributed by atoms with van der Waals surface area (Å²) in [4.78, 5) is 29.6. The summed E-state index contributed by atoms with van der Waals surface area (Å²) in [7, 11) is 0. The molecule has 1 heterocycles. The van der Waals surface area contributed by atoms with E-state index in [2.05, 4.69) is 10.6 Å². The van der Waals surface area contributed by atoms with Crippen LogP contribution in [0, 0.1) is 23.2 Å². The predicted molar refractivity (Wildman–Crippen MR) is 130 cm³/mol. The smallest absolute Gasteiger partial charge is 0.306 e. The minimum atomic E-state index is -0.504. The molecule has 1 aromatic heterocycles. The Labute approximate surface area is 202 Å². The highest BCUT2D eigenvalue weighted by Crippen LogP contribution is 2.62. The highest BCUT2D eigenvalue weighted by molar-refractivity contribution is 5.76. The lowest BCUT2D eigenvalue weighted by atomic mass is 9.48. The van der Waals surface area contributed by atoms with Crippen LogP contribution in [0.5, 0.6) is 0 Å². The SMILES string of the molecule is CC(=O)OC(Cn1c(CCC(=O)OC(C)(C)C)nc2ccccc21)C12CC3CC(CC(C3)C1)C2. The second kappa shape index (κ2) is 8.69. The zero-order chi connectivity index (χ0) is 24.1. The van der Waals surface area contributed by atoms with Gasteiger partial charge < -0.3 is 14.0 Å². The maximum absolute atomic E-state index is 12.4. The van der Waals surface area contributed by atoms with Crippen molar-refractivity contribution in [1.82, 2.24) is 9.55 Å². The van der Waals surface area contributed by atoms with E-state index in [1.807, 2.05) is 39.0 Å². The number of benzene rings is 1. The Hall–Kier alpha value is -2.37. The first-order valence-electron chi connectivity index (χ1n) is 12.9. The number of esters is 2. The first kappa shape index (κ1) is 23.4. The Bertz CT molecular complexity index is 1040. The second-order valence-electron chi connectivity index (χ2n) is 12.1. The Kier molecular flexibility index (Phi) is 5.97. The molecule has 0 aliphatic heterocycles. The largest absolute Gasteiger partial charge is 0.460 e. The molecule has 34 heavy (non-hydrogen) atoms. The normalized spacial score (nSPS) is 28.8. The number of hydrogen-bond acceptors (Lipinski definition) is 5. The van der Waals surface area contributed by atoms with Crippen molar-refractivity contribution >= 4 is 23.0 Å². The zero-order valence-corrected chi connectivity index (χ0v) is 21.0. The maximum atomic E-state index is 12.4. The lowest BCUT2D eigenvalue weighted by Crippen LogP contribution is -2.53. The third-order valence-electron chi connectivity index (χ3n) is 8.13. The minimum Gasteiger partial charge on any atom is -0.460 e. The van der Waals surface area contributed by atoms with E-state index in [-0.39, 0.29) is 29.9 Å². The van der Waals surface area contributed by atoms with Gasteiger partial charge in [0, 0.05) is 18.8 Å². The molecule has 6 nitrogen and oxygen atoms in total. The number of rotatable bonds is 7. The van der Waals surface area contributed by atoms with Crippen LogP contribution in [0.2, 0.25) is 0 Å². The predicted octanol–water partition coefficient (Wildman–Crippen LogP) is 5.46. The van der Waals surface area contributed by atoms with Crippen LogP contribution < -0.4 is 0 Å². The lowest BCUT2D eigenvalue weighted by molar-refractivity contribution is -0.173. The van der Waals surface area contributed by atoms with Crippen LogP contribution in [-0.4, -0.2) is 33.2 Å². The van der Waals surface area contributed by atoms with Gasteiger partial charge in [0.05, 0.1) is 24.0 Å². The van der Waals surface area contributed by atoms with Crippen LogP contribution in [0.25, 0.3) is 11.0 Å². The van der Waals surface area contributed by atoms with E-state index in [1.54, 1.807) is 0 Å². The Morgan fingerprint density at radius 1 is 1.09 bits per heavy atom. The summed E-state index contributed by atoms with van der Waals surface area (Å²) in [6.07, 6.45) is 8.14. The molecule has 1 atom stereocenters. The standard InChI is InChI=1S/C28H38N2O4/c1-18(31)33-24(28-14-19-11-20(15-28)13-21(12-19)16-28)17-30-23-8-6-5-7-22(23)29-25(30)9-10-26(32)34-27(2,3)4/h5-8,19-21,24H,9-17H2,1-4H3. The van der Waals surface area contributed by atoms with E-state index < -0.39 is 5.60 Å². The van der Waals surface area contributed by atoms with E-state index >= 15 is 0 Å². The molecule has 4 aliphatic carbocycles. The molecule has 6 heteroatoms. The molecule has 1 aromatic carbocycles. The van der Waals surface area contributed by atoms with Gasteiger partial charge in [-0.05, 0) is 89.2 Å². The Morgan fingerprint density at radius 2 is 1.71 bits per heavy atom. The fourth-order valence-corrected chi connectivity index (χ4v) is 7.42. The van der Waals surface area contributed by atoms with E-state index in [9.17, 15) is 9.59 Å². The van der Waals surface area contributed by atoms with Crippen molar-refractivity contribution in [2.24, 2.45) is 23.2 Å². The first-order valence-corrected chi connectivity index (χ1v) is 12.9. The number of carbonyl (C=O) groups is 2. The zero-order valence-electron chi connectivity index (χ0n) is 21.0. The average molecular weight is 467 g/mol. The number of ether oxygens (including phenoxy) is 2. The molecule has 2 aromatic rings. The van der Waals surface area contributed by atoms with Gasteiger partial charge in [-0.15, -0.1) is 0 Å². The Morgan fingerprint density at radius 3 is 2.29 bits per heavy atom. The molecular weight excluding hydrogens is 428 g/mol. The van der Waals surface area contributed by atoms with Gasteiger partial charge in [-0.25, -0.2) is 4.98 Å². The molecule has 0 amide bonds. The van der Waals surface area contributed by atoms with Gasteiger partial charge in [-0.3, -0.25) is 9.59 Å². The molecular formula is C28H38N2O4. The molecule has 4 saturated carbocycles. The molecule has 184 valence electrons. The van der Waals surface area contributed by atoms with Gasteiger partial charge in [0.15, 0.2) is 0 Å². The summed E-state index contributed by atoms with van der Waals surface area (Å²) < 4.78 is 13.9. The van der Waals surface area contributed by atoms with Crippen molar-refractivity contribution in [3.05, 3.63) is 30.1 Å². The summed E-state index contributed by atoms with van der Waals surface area (Å²) in [6, 6.07) is 8.09. The van der Waals surface area contributed by atoms with Gasteiger partial charge in [-0.2, -0.15) is 0 Å². The van der Waals surface area contributed by atoms with Gasteiger partial charge in [0.2, 0.25) is 0 Å². The van der Waals surface area contributed by atoms with Crippen LogP contribution in [0.15, 0.2) is 24.3 Å². The lowest BCUT2D eigenvalue weighted by Gasteiger charge is -2.58. The van der Waals surface area contributed by atoms with Gasteiger partial charge in [0.1, 0.15) is 17.5 Å². The molecule has 0 radical (unpaired) electrons. The minimum absolute atomic E-state index is 0.0637. The number of hydrogen-bond donors (Lipinski definition) is 0. The summed E-state index contributed by atoms with van der Waals surface area (Å²) in [5, 5.41) is 0. The van der Waals surface area contributed by atoms with Crippen molar-refractivity contribution in [3.63, 3.8) is 0 Å². The van der Waals surface area contributed by atoms with Gasteiger partial charge >= 0.3 is 11.9 Å². The van der Waals surface area contributed by atoms with Crippen LogP contribution in [0.3, 0.4) is 0 Å². The number of fused-ring (bicyclic) bond motifs is 1. The van der Waals surface area contributed by atoms with E-state index in [4.69, 9.17) is 14.5 Å². The van der Waals surface area contributed by atoms with E-state index in [0.717, 1.165) is 53.9 Å². The molecule has 1 unspecified atom stereocenters. The summed E-state index contributed by atoms with van der Waals surface area (Å²) >= 11 is 0. The van der Waals surface area contributed by atoms with Crippen LogP contribution in [-0.2, 0) is 32.0 Å². The first-order chi connectivity index (χ1) is 16.1. The van der Waals surface area contributed by atoms with Crippen molar-refractivity contribution in [2.45, 2.75) is 97.3 Å². The van der Waals surface area contributed by atoms with Gasteiger partial charge in [-0.1, -0.05) is 12.1 Å². The Balaban J connectivity index is 1.44. The fraction of sp³-hybridized carbons (Fsp3) is 0.679. The highest BCUT2D eigenvalue weighted by atomic mass is 16.6. The molecule has 0 saturated heterocycles. The molecule has 0 N–H and O–H groups in total. The quantitative estimate of drug-likeness (QED) is 0.507. The van der Waals surface area contributed by atoms with Crippen molar-refractivity contribution < 1.29 is 19.1 Å². The molecule has 4 aliphatic rings. The summed E-state index contributed by atoms with van der Waals surface area (Å²) in [5.74, 6) is 2.75. The number of para-hydroxylation sites is 2. The second-order valence-corrected chi connectivity index (χ2v) is 12.1. The third-order valence-corrected chi connectivity index (χ3v) is 8.13. The molecule has 4 bridgehead atoms. The van der Waals surface area contributed by atoms with Crippen molar-refractivity contribution in [1.29, 1.82) is 0 Å². The molecule has 4 fully saturated rings. The third kappa shape index (κ3) is 4.73. The van der Waals surface area contributed by atoms with Crippen LogP contribution in [0.4, 0.5) is 0 Å². The summed E-state index contributed by atoms with van der Waals surface area (Å²) in [5.41, 5.74) is 1.50. The molecule has 0 spiro atoms. The van der Waals surface area contributed by atoms with Crippen LogP contribution >= 0.6 is 0 Å². The van der Waals surface area contributed by atoms with Crippen molar-refractivity contribution in [2.75, 3.05) is 0 Å². The van der Waals surface area contributed by atoms with Crippen LogP contribution in [0.1, 0.15) is 78.5 Å². The van der Waals surface area contributed by atoms with E-state index in [1.165, 1.54) is 26.2 Å². The molecule has 6 rings (SSSR count).